The van der Waals surface area contributed by atoms with Crippen LogP contribution in [0.1, 0.15) is 43.9 Å². The number of hydrogen-bond acceptors (Lipinski definition) is 9. The van der Waals surface area contributed by atoms with Gasteiger partial charge in [-0.25, -0.2) is 0 Å². The van der Waals surface area contributed by atoms with Gasteiger partial charge in [0.2, 0.25) is 12.0 Å². The highest BCUT2D eigenvalue weighted by molar-refractivity contribution is 8.55. The van der Waals surface area contributed by atoms with Crippen molar-refractivity contribution in [1.82, 2.24) is 5.09 Å². The second kappa shape index (κ2) is 17.3. The first-order chi connectivity index (χ1) is 20.4. The third kappa shape index (κ3) is 11.7. The lowest BCUT2D eigenvalue weighted by molar-refractivity contribution is -0.150. The van der Waals surface area contributed by atoms with Gasteiger partial charge in [0.25, 0.3) is 0 Å². The van der Waals surface area contributed by atoms with Crippen molar-refractivity contribution < 1.29 is 41.7 Å². The standard InChI is InChI=1S/C26H23F2NO4.C4H10NO3PS/c1-17(2)24(18-11-13-21(14-12-18)32-26(27)28)25(30)33-23(16-29)19-7-6-10-22(15-19)31-20-8-4-3-5-9-20;1-4(6)5-9(7,8-2)10-3/h3-15,17,23-24,26H,1-2H3;1-3H3,(H,5,6,7)/t23?,24-;/m0./s1. The highest BCUT2D eigenvalue weighted by Crippen LogP contribution is 2.53. The molecule has 9 nitrogen and oxygen atoms in total. The van der Waals surface area contributed by atoms with Crippen LogP contribution < -0.4 is 14.6 Å². The van der Waals surface area contributed by atoms with Gasteiger partial charge in [-0.15, -0.1) is 0 Å². The van der Waals surface area contributed by atoms with Crippen LogP contribution in [-0.2, 0) is 23.4 Å². The summed E-state index contributed by atoms with van der Waals surface area (Å²) >= 11 is 1.00. The van der Waals surface area contributed by atoms with Crippen molar-refractivity contribution in [3.8, 4) is 23.3 Å². The van der Waals surface area contributed by atoms with Crippen LogP contribution in [0, 0.1) is 17.2 Å². The quantitative estimate of drug-likeness (QED) is 0.157. The Morgan fingerprint density at radius 1 is 0.930 bits per heavy atom. The number of halogens is 2. The van der Waals surface area contributed by atoms with Crippen molar-refractivity contribution >= 4 is 30.0 Å². The van der Waals surface area contributed by atoms with Crippen molar-refractivity contribution in [2.45, 2.75) is 39.4 Å². The number of ether oxygens (including phenoxy) is 3. The second-order valence-corrected chi connectivity index (χ2v) is 13.6. The number of rotatable bonds is 12. The molecule has 0 aliphatic heterocycles. The van der Waals surface area contributed by atoms with Crippen molar-refractivity contribution in [3.63, 3.8) is 0 Å². The fraction of sp³-hybridized carbons (Fsp3) is 0.300. The number of nitrogens with zero attached hydrogens (tertiary/aromatic N) is 1. The van der Waals surface area contributed by atoms with Gasteiger partial charge in [0.15, 0.2) is 0 Å². The minimum atomic E-state index is -2.93. The number of esters is 1. The molecule has 0 aliphatic rings. The van der Waals surface area contributed by atoms with E-state index in [2.05, 4.69) is 14.3 Å². The van der Waals surface area contributed by atoms with Crippen molar-refractivity contribution in [2.24, 2.45) is 5.92 Å². The number of nitriles is 1. The Morgan fingerprint density at radius 3 is 2.05 bits per heavy atom. The molecule has 0 spiro atoms. The van der Waals surface area contributed by atoms with Crippen LogP contribution in [0.2, 0.25) is 0 Å². The number of para-hydroxylation sites is 1. The molecule has 43 heavy (non-hydrogen) atoms. The van der Waals surface area contributed by atoms with Crippen molar-refractivity contribution in [3.05, 3.63) is 90.0 Å². The maximum Gasteiger partial charge on any atom is 0.387 e. The molecule has 13 heteroatoms. The highest BCUT2D eigenvalue weighted by atomic mass is 32.7. The summed E-state index contributed by atoms with van der Waals surface area (Å²) < 4.78 is 56.3. The Labute approximate surface area is 253 Å². The van der Waals surface area contributed by atoms with E-state index in [-0.39, 0.29) is 17.6 Å². The molecule has 0 radical (unpaired) electrons. The van der Waals surface area contributed by atoms with E-state index in [9.17, 15) is 28.2 Å². The van der Waals surface area contributed by atoms with Crippen LogP contribution in [0.3, 0.4) is 0 Å². The molecule has 0 aliphatic carbocycles. The van der Waals surface area contributed by atoms with E-state index in [0.29, 0.717) is 22.6 Å². The van der Waals surface area contributed by atoms with Gasteiger partial charge in [-0.1, -0.05) is 67.7 Å². The molecular formula is C30H33F2N2O7PS. The Hall–Kier alpha value is -3.91. The molecule has 3 aromatic carbocycles. The number of nitrogens with one attached hydrogen (secondary N) is 1. The van der Waals surface area contributed by atoms with Crippen molar-refractivity contribution in [2.75, 3.05) is 13.4 Å². The molecule has 0 fully saturated rings. The Morgan fingerprint density at radius 2 is 1.56 bits per heavy atom. The van der Waals surface area contributed by atoms with Crippen LogP contribution in [0.5, 0.6) is 17.2 Å². The normalized spacial score (nSPS) is 13.4. The Balaban J connectivity index is 0.000000553. The number of hydrogen-bond donors (Lipinski definition) is 1. The molecule has 3 aromatic rings. The molecule has 3 rings (SSSR count). The van der Waals surface area contributed by atoms with Gasteiger partial charge in [-0.05, 0) is 54.1 Å². The van der Waals surface area contributed by atoms with Crippen LogP contribution in [0.4, 0.5) is 8.78 Å². The molecule has 0 saturated heterocycles. The van der Waals surface area contributed by atoms with E-state index in [1.165, 1.54) is 26.2 Å². The SMILES string of the molecule is CC(C)[C@H](C(=O)OC(C#N)c1cccc(Oc2ccccc2)c1)c1ccc(OC(F)F)cc1.COP(=O)(NC(C)=O)SC. The van der Waals surface area contributed by atoms with E-state index >= 15 is 0 Å². The minimum absolute atomic E-state index is 0.00486. The first-order valence-electron chi connectivity index (χ1n) is 12.9. The van der Waals surface area contributed by atoms with Gasteiger partial charge in [0.05, 0.1) is 5.92 Å². The predicted molar refractivity (Wildman–Crippen MR) is 160 cm³/mol. The number of carbonyl (C=O) groups excluding carboxylic acids is 2. The fourth-order valence-electron chi connectivity index (χ4n) is 3.73. The zero-order chi connectivity index (χ0) is 32.0. The van der Waals surface area contributed by atoms with Crippen molar-refractivity contribution in [1.29, 1.82) is 5.26 Å². The largest absolute Gasteiger partial charge is 0.457 e. The highest BCUT2D eigenvalue weighted by Gasteiger charge is 2.29. The summed E-state index contributed by atoms with van der Waals surface area (Å²) in [5.74, 6) is -0.649. The summed E-state index contributed by atoms with van der Waals surface area (Å²) in [7, 11) is 1.30. The fourth-order valence-corrected chi connectivity index (χ4v) is 5.56. The lowest BCUT2D eigenvalue weighted by Crippen LogP contribution is -2.22. The number of amides is 1. The first-order valence-corrected chi connectivity index (χ1v) is 16.3. The van der Waals surface area contributed by atoms with Crippen LogP contribution in [0.15, 0.2) is 78.9 Å². The third-order valence-corrected chi connectivity index (χ3v) is 9.36. The van der Waals surface area contributed by atoms with Crippen LogP contribution >= 0.6 is 18.1 Å². The Kier molecular flexibility index (Phi) is 14.2. The molecule has 3 atom stereocenters. The van der Waals surface area contributed by atoms with E-state index < -0.39 is 31.3 Å². The zero-order valence-corrected chi connectivity index (χ0v) is 25.9. The summed E-state index contributed by atoms with van der Waals surface area (Å²) in [5.41, 5.74) is 1.05. The number of alkyl halides is 2. The third-order valence-electron chi connectivity index (χ3n) is 5.65. The van der Waals surface area contributed by atoms with E-state index in [1.807, 2.05) is 38.1 Å². The average Bonchev–Trinajstić information content (AvgIpc) is 2.97. The first kappa shape index (κ1) is 35.3. The lowest BCUT2D eigenvalue weighted by Gasteiger charge is -2.22. The summed E-state index contributed by atoms with van der Waals surface area (Å²) in [6.45, 7) is -0.880. The molecular weight excluding hydrogens is 601 g/mol. The summed E-state index contributed by atoms with van der Waals surface area (Å²) in [4.78, 5) is 23.4. The number of benzene rings is 3. The minimum Gasteiger partial charge on any atom is -0.457 e. The van der Waals surface area contributed by atoms with Gasteiger partial charge in [-0.2, -0.15) is 14.0 Å². The second-order valence-electron chi connectivity index (χ2n) is 9.13. The average molecular weight is 635 g/mol. The monoisotopic (exact) mass is 634 g/mol. The van der Waals surface area contributed by atoms with E-state index in [0.717, 1.165) is 11.4 Å². The summed E-state index contributed by atoms with van der Waals surface area (Å²) in [5, 5.41) is 11.9. The van der Waals surface area contributed by atoms with Gasteiger partial charge >= 0.3 is 19.3 Å². The molecule has 0 saturated carbocycles. The predicted octanol–water partition coefficient (Wildman–Crippen LogP) is 7.87. The molecule has 1 N–H and O–H groups in total. The Bertz CT molecular complexity index is 1410. The van der Waals surface area contributed by atoms with Crippen LogP contribution in [-0.4, -0.2) is 31.9 Å². The van der Waals surface area contributed by atoms with Gasteiger partial charge in [0.1, 0.15) is 23.3 Å². The molecule has 1 amide bonds. The molecule has 230 valence electrons. The topological polar surface area (TPSA) is 124 Å². The molecule has 2 unspecified atom stereocenters. The van der Waals surface area contributed by atoms with Crippen LogP contribution in [0.25, 0.3) is 0 Å². The van der Waals surface area contributed by atoms with Gasteiger partial charge in [0, 0.05) is 19.6 Å². The maximum absolute atomic E-state index is 13.0. The smallest absolute Gasteiger partial charge is 0.387 e. The molecule has 0 aromatic heterocycles. The number of carbonyl (C=O) groups is 2. The van der Waals surface area contributed by atoms with E-state index in [1.54, 1.807) is 54.8 Å². The maximum atomic E-state index is 13.0. The van der Waals surface area contributed by atoms with E-state index in [4.69, 9.17) is 9.47 Å². The summed E-state index contributed by atoms with van der Waals surface area (Å²) in [6, 6.07) is 23.8. The van der Waals surface area contributed by atoms with Gasteiger partial charge in [-0.3, -0.25) is 19.2 Å². The lowest BCUT2D eigenvalue weighted by atomic mass is 9.88. The zero-order valence-electron chi connectivity index (χ0n) is 24.2. The molecule has 0 heterocycles. The van der Waals surface area contributed by atoms with Gasteiger partial charge < -0.3 is 18.7 Å². The molecule has 0 bridgehead atoms. The summed E-state index contributed by atoms with van der Waals surface area (Å²) in [6.07, 6.45) is 0.472.